The van der Waals surface area contributed by atoms with Gasteiger partial charge in [-0.2, -0.15) is 8.42 Å². The van der Waals surface area contributed by atoms with E-state index in [1.807, 2.05) is 13.8 Å². The van der Waals surface area contributed by atoms with Gasteiger partial charge in [0.1, 0.15) is 0 Å². The van der Waals surface area contributed by atoms with E-state index in [9.17, 15) is 8.42 Å². The van der Waals surface area contributed by atoms with E-state index in [1.54, 1.807) is 6.08 Å². The Morgan fingerprint density at radius 2 is 2.08 bits per heavy atom. The molecule has 0 bridgehead atoms. The lowest BCUT2D eigenvalue weighted by Gasteiger charge is -2.21. The van der Waals surface area contributed by atoms with Crippen LogP contribution in [0.3, 0.4) is 0 Å². The van der Waals surface area contributed by atoms with Crippen molar-refractivity contribution in [3.8, 4) is 0 Å². The smallest absolute Gasteiger partial charge is 0.282 e. The predicted molar refractivity (Wildman–Crippen MR) is 47.2 cm³/mol. The number of allylic oxidation sites excluding steroid dienone is 3. The molecule has 1 rings (SSSR count). The van der Waals surface area contributed by atoms with Crippen LogP contribution in [-0.2, 0) is 10.1 Å². The topological polar surface area (TPSA) is 54.4 Å². The molecule has 0 radical (unpaired) electrons. The van der Waals surface area contributed by atoms with E-state index >= 15 is 0 Å². The molecule has 0 aliphatic heterocycles. The van der Waals surface area contributed by atoms with Crippen LogP contribution in [-0.4, -0.2) is 13.0 Å². The highest BCUT2D eigenvalue weighted by Gasteiger charge is 2.20. The zero-order chi connectivity index (χ0) is 9.41. The summed E-state index contributed by atoms with van der Waals surface area (Å²) >= 11 is 0. The van der Waals surface area contributed by atoms with Crippen molar-refractivity contribution in [3.63, 3.8) is 0 Å². The molecule has 0 amide bonds. The Morgan fingerprint density at radius 3 is 2.42 bits per heavy atom. The fraction of sp³-hybridized carbons (Fsp3) is 0.500. The maximum atomic E-state index is 10.6. The lowest BCUT2D eigenvalue weighted by Crippen LogP contribution is -2.12. The molecule has 0 aromatic heterocycles. The molecule has 0 fully saturated rings. The maximum absolute atomic E-state index is 10.6. The fourth-order valence-corrected chi connectivity index (χ4v) is 1.53. The summed E-state index contributed by atoms with van der Waals surface area (Å²) in [6.07, 6.45) is 5.41. The van der Waals surface area contributed by atoms with Gasteiger partial charge in [0, 0.05) is 0 Å². The molecule has 1 aliphatic carbocycles. The average Bonchev–Trinajstić information content (AvgIpc) is 1.83. The van der Waals surface area contributed by atoms with Crippen LogP contribution in [0.25, 0.3) is 0 Å². The van der Waals surface area contributed by atoms with Crippen molar-refractivity contribution in [2.24, 2.45) is 5.41 Å². The van der Waals surface area contributed by atoms with Gasteiger partial charge >= 0.3 is 0 Å². The van der Waals surface area contributed by atoms with E-state index in [1.165, 1.54) is 12.2 Å². The quantitative estimate of drug-likeness (QED) is 0.638. The second-order valence-corrected chi connectivity index (χ2v) is 5.03. The molecule has 12 heavy (non-hydrogen) atoms. The zero-order valence-electron chi connectivity index (χ0n) is 7.11. The highest BCUT2D eigenvalue weighted by atomic mass is 32.2. The predicted octanol–water partition coefficient (Wildman–Crippen LogP) is 1.74. The van der Waals surface area contributed by atoms with E-state index in [2.05, 4.69) is 0 Å². The van der Waals surface area contributed by atoms with Gasteiger partial charge in [0.25, 0.3) is 10.1 Å². The van der Waals surface area contributed by atoms with Crippen molar-refractivity contribution in [1.29, 1.82) is 0 Å². The van der Waals surface area contributed by atoms with Crippen LogP contribution in [0.15, 0.2) is 23.1 Å². The van der Waals surface area contributed by atoms with Crippen molar-refractivity contribution in [3.05, 3.63) is 23.1 Å². The van der Waals surface area contributed by atoms with Gasteiger partial charge in [0.2, 0.25) is 0 Å². The van der Waals surface area contributed by atoms with Gasteiger partial charge in [0.05, 0.1) is 4.91 Å². The minimum absolute atomic E-state index is 0.00169. The molecular formula is C8H12O3S. The van der Waals surface area contributed by atoms with Gasteiger partial charge in [-0.1, -0.05) is 26.0 Å². The third-order valence-electron chi connectivity index (χ3n) is 1.83. The summed E-state index contributed by atoms with van der Waals surface area (Å²) in [7, 11) is -4.00. The van der Waals surface area contributed by atoms with E-state index < -0.39 is 10.1 Å². The highest BCUT2D eigenvalue weighted by molar-refractivity contribution is 7.90. The fourth-order valence-electron chi connectivity index (χ4n) is 0.999. The van der Waals surface area contributed by atoms with Crippen molar-refractivity contribution >= 4 is 10.1 Å². The number of hydrogen-bond donors (Lipinski definition) is 1. The minimum atomic E-state index is -4.00. The normalized spacial score (nSPS) is 22.1. The van der Waals surface area contributed by atoms with Crippen LogP contribution in [0.2, 0.25) is 0 Å². The first kappa shape index (κ1) is 9.48. The summed E-state index contributed by atoms with van der Waals surface area (Å²) in [6.45, 7) is 4.00. The Morgan fingerprint density at radius 1 is 1.50 bits per heavy atom. The molecule has 0 saturated heterocycles. The molecule has 1 aliphatic rings. The maximum Gasteiger partial charge on any atom is 0.294 e. The molecule has 1 N–H and O–H groups in total. The SMILES string of the molecule is CC1(C)C=CC(S(=O)(=O)O)=CC1. The van der Waals surface area contributed by atoms with Crippen LogP contribution in [0.5, 0.6) is 0 Å². The van der Waals surface area contributed by atoms with Crippen molar-refractivity contribution in [2.45, 2.75) is 20.3 Å². The highest BCUT2D eigenvalue weighted by Crippen LogP contribution is 2.29. The second-order valence-electron chi connectivity index (χ2n) is 3.61. The Kier molecular flexibility index (Phi) is 2.14. The van der Waals surface area contributed by atoms with Gasteiger partial charge in [-0.3, -0.25) is 4.55 Å². The molecule has 3 nitrogen and oxygen atoms in total. The number of rotatable bonds is 1. The van der Waals surface area contributed by atoms with Gasteiger partial charge in [-0.15, -0.1) is 0 Å². The van der Waals surface area contributed by atoms with Gasteiger partial charge in [-0.25, -0.2) is 0 Å². The van der Waals surface area contributed by atoms with Gasteiger partial charge in [0.15, 0.2) is 0 Å². The largest absolute Gasteiger partial charge is 0.294 e. The van der Waals surface area contributed by atoms with Crippen molar-refractivity contribution < 1.29 is 13.0 Å². The van der Waals surface area contributed by atoms with Crippen LogP contribution >= 0.6 is 0 Å². The van der Waals surface area contributed by atoms with Crippen molar-refractivity contribution in [2.75, 3.05) is 0 Å². The molecule has 0 atom stereocenters. The van der Waals surface area contributed by atoms with E-state index in [0.717, 1.165) is 0 Å². The number of hydrogen-bond acceptors (Lipinski definition) is 2. The Bertz CT molecular complexity index is 333. The molecule has 0 aromatic rings. The second kappa shape index (κ2) is 2.71. The van der Waals surface area contributed by atoms with Crippen LogP contribution in [0, 0.1) is 5.41 Å². The summed E-state index contributed by atoms with van der Waals surface area (Å²) in [5.41, 5.74) is -0.00576. The molecule has 0 unspecified atom stereocenters. The van der Waals surface area contributed by atoms with E-state index in [4.69, 9.17) is 4.55 Å². The average molecular weight is 188 g/mol. The Balaban J connectivity index is 2.93. The Labute approximate surface area is 72.5 Å². The molecule has 4 heteroatoms. The standard InChI is InChI=1S/C8H12O3S/c1-8(2)5-3-7(4-6-8)12(9,10)11/h3-5H,6H2,1-2H3,(H,9,10,11). The van der Waals surface area contributed by atoms with Gasteiger partial charge < -0.3 is 0 Å². The molecule has 68 valence electrons. The summed E-state index contributed by atoms with van der Waals surface area (Å²) in [6, 6.07) is 0. The molecule has 0 saturated carbocycles. The van der Waals surface area contributed by atoms with Crippen LogP contribution in [0.1, 0.15) is 20.3 Å². The van der Waals surface area contributed by atoms with Gasteiger partial charge in [-0.05, 0) is 17.9 Å². The third-order valence-corrected chi connectivity index (χ3v) is 2.72. The lowest BCUT2D eigenvalue weighted by atomic mass is 9.86. The van der Waals surface area contributed by atoms with Crippen LogP contribution < -0.4 is 0 Å². The summed E-state index contributed by atoms with van der Waals surface area (Å²) < 4.78 is 29.9. The Hall–Kier alpha value is -0.610. The molecule has 0 aromatic carbocycles. The van der Waals surface area contributed by atoms with E-state index in [-0.39, 0.29) is 10.3 Å². The third kappa shape index (κ3) is 2.19. The monoisotopic (exact) mass is 188 g/mol. The zero-order valence-corrected chi connectivity index (χ0v) is 7.93. The molecule has 0 heterocycles. The van der Waals surface area contributed by atoms with Crippen molar-refractivity contribution in [1.82, 2.24) is 0 Å². The summed E-state index contributed by atoms with van der Waals surface area (Å²) in [5, 5.41) is 0. The van der Waals surface area contributed by atoms with Crippen LogP contribution in [0.4, 0.5) is 0 Å². The summed E-state index contributed by atoms with van der Waals surface area (Å²) in [5.74, 6) is 0. The van der Waals surface area contributed by atoms with E-state index in [0.29, 0.717) is 6.42 Å². The lowest BCUT2D eigenvalue weighted by molar-refractivity contribution is 0.475. The molecule has 0 spiro atoms. The first-order valence-electron chi connectivity index (χ1n) is 3.68. The minimum Gasteiger partial charge on any atom is -0.282 e. The summed E-state index contributed by atoms with van der Waals surface area (Å²) in [4.78, 5) is 0.00169. The first-order chi connectivity index (χ1) is 5.31. The molecular weight excluding hydrogens is 176 g/mol. The first-order valence-corrected chi connectivity index (χ1v) is 5.12.